The molecule has 4 aromatic carbocycles. The van der Waals surface area contributed by atoms with Crippen LogP contribution in [0, 0.1) is 0 Å². The van der Waals surface area contributed by atoms with Gasteiger partial charge in [0.1, 0.15) is 12.7 Å². The van der Waals surface area contributed by atoms with Gasteiger partial charge in [-0.05, 0) is 48.5 Å². The normalized spacial score (nSPS) is 19.3. The molecule has 9 nitrogen and oxygen atoms in total. The minimum atomic E-state index is -1.49. The van der Waals surface area contributed by atoms with E-state index in [0.29, 0.717) is 5.56 Å². The molecule has 4 atom stereocenters. The third-order valence-corrected chi connectivity index (χ3v) is 6.39. The maximum Gasteiger partial charge on any atom is 0.340 e. The lowest BCUT2D eigenvalue weighted by Gasteiger charge is -2.24. The van der Waals surface area contributed by atoms with Gasteiger partial charge >= 0.3 is 23.9 Å². The molecule has 1 aliphatic heterocycles. The average Bonchev–Trinajstić information content (AvgIpc) is 3.35. The summed E-state index contributed by atoms with van der Waals surface area (Å²) in [4.78, 5) is 51.9. The van der Waals surface area contributed by atoms with Crippen molar-refractivity contribution in [3.8, 4) is 0 Å². The van der Waals surface area contributed by atoms with E-state index >= 15 is 0 Å². The fraction of sp³-hybridized carbons (Fsp3) is 0.152. The zero-order valence-corrected chi connectivity index (χ0v) is 22.2. The molecule has 0 radical (unpaired) electrons. The number of carbonyl (C=O) groups excluding carboxylic acids is 4. The van der Waals surface area contributed by atoms with Crippen LogP contribution in [0.1, 0.15) is 41.4 Å². The Morgan fingerprint density at radius 2 is 0.833 bits per heavy atom. The Kier molecular flexibility index (Phi) is 9.00. The summed E-state index contributed by atoms with van der Waals surface area (Å²) in [5.74, 6) is -2.89. The van der Waals surface area contributed by atoms with E-state index < -0.39 is 48.5 Å². The molecule has 0 spiro atoms. The van der Waals surface area contributed by atoms with Crippen LogP contribution in [0.25, 0.3) is 0 Å². The van der Waals surface area contributed by atoms with Gasteiger partial charge in [-0.1, -0.05) is 72.8 Å². The molecular formula is C33H26O9. The second-order valence-electron chi connectivity index (χ2n) is 9.25. The quantitative estimate of drug-likeness (QED) is 0.207. The van der Waals surface area contributed by atoms with Gasteiger partial charge in [0.25, 0.3) is 0 Å². The number of hydrogen-bond acceptors (Lipinski definition) is 9. The summed E-state index contributed by atoms with van der Waals surface area (Å²) < 4.78 is 28.6. The van der Waals surface area contributed by atoms with Crippen molar-refractivity contribution in [2.24, 2.45) is 0 Å². The fourth-order valence-corrected chi connectivity index (χ4v) is 4.28. The van der Waals surface area contributed by atoms with Crippen LogP contribution in [0.4, 0.5) is 0 Å². The number of carbonyl (C=O) groups is 4. The number of ether oxygens (including phenoxy) is 5. The first kappa shape index (κ1) is 28.3. The molecule has 1 fully saturated rings. The predicted molar refractivity (Wildman–Crippen MR) is 149 cm³/mol. The topological polar surface area (TPSA) is 114 Å². The van der Waals surface area contributed by atoms with Crippen LogP contribution in [0.15, 0.2) is 121 Å². The molecular weight excluding hydrogens is 540 g/mol. The molecule has 212 valence electrons. The second kappa shape index (κ2) is 13.4. The highest BCUT2D eigenvalue weighted by molar-refractivity contribution is 5.91. The summed E-state index contributed by atoms with van der Waals surface area (Å²) in [6.45, 7) is -0.390. The van der Waals surface area contributed by atoms with Crippen LogP contribution in [0.3, 0.4) is 0 Å². The monoisotopic (exact) mass is 566 g/mol. The lowest BCUT2D eigenvalue weighted by molar-refractivity contribution is -0.141. The van der Waals surface area contributed by atoms with Gasteiger partial charge < -0.3 is 23.7 Å². The SMILES string of the molecule is O=C(OC[C@@H]1O[C@@H](OC(=O)c2ccccc2)[C@@H](OC(=O)c2ccccc2)[C@@H]1OC(=O)c1ccccc1)c1ccccc1. The molecule has 0 unspecified atom stereocenters. The van der Waals surface area contributed by atoms with Gasteiger partial charge in [0.2, 0.25) is 12.4 Å². The van der Waals surface area contributed by atoms with Gasteiger partial charge in [-0.3, -0.25) is 0 Å². The number of esters is 4. The van der Waals surface area contributed by atoms with Crippen LogP contribution in [-0.2, 0) is 23.7 Å². The van der Waals surface area contributed by atoms with Gasteiger partial charge in [-0.25, -0.2) is 19.2 Å². The third kappa shape index (κ3) is 6.89. The Morgan fingerprint density at radius 1 is 0.476 bits per heavy atom. The first-order valence-corrected chi connectivity index (χ1v) is 13.2. The van der Waals surface area contributed by atoms with E-state index in [1.165, 1.54) is 0 Å². The van der Waals surface area contributed by atoms with Crippen LogP contribution in [-0.4, -0.2) is 55.1 Å². The smallest absolute Gasteiger partial charge is 0.340 e. The minimum Gasteiger partial charge on any atom is -0.459 e. The molecule has 0 aliphatic carbocycles. The summed E-state index contributed by atoms with van der Waals surface area (Å²) in [5.41, 5.74) is 0.978. The predicted octanol–water partition coefficient (Wildman–Crippen LogP) is 4.88. The molecule has 1 heterocycles. The molecule has 0 amide bonds. The van der Waals surface area contributed by atoms with Crippen molar-refractivity contribution in [2.75, 3.05) is 6.61 Å². The zero-order chi connectivity index (χ0) is 29.3. The molecule has 5 rings (SSSR count). The summed E-state index contributed by atoms with van der Waals surface area (Å²) in [6.07, 6.45) is -5.33. The Balaban J connectivity index is 1.43. The Morgan fingerprint density at radius 3 is 1.26 bits per heavy atom. The zero-order valence-electron chi connectivity index (χ0n) is 22.2. The summed E-state index contributed by atoms with van der Waals surface area (Å²) in [6, 6.07) is 32.8. The van der Waals surface area contributed by atoms with E-state index in [9.17, 15) is 19.2 Å². The molecule has 0 bridgehead atoms. The van der Waals surface area contributed by atoms with Crippen molar-refractivity contribution in [2.45, 2.75) is 24.6 Å². The minimum absolute atomic E-state index is 0.220. The Hall–Kier alpha value is -5.28. The maximum atomic E-state index is 13.1. The lowest BCUT2D eigenvalue weighted by atomic mass is 10.1. The van der Waals surface area contributed by atoms with Crippen molar-refractivity contribution in [3.63, 3.8) is 0 Å². The number of benzene rings is 4. The highest BCUT2D eigenvalue weighted by atomic mass is 16.8. The molecule has 0 N–H and O–H groups in total. The van der Waals surface area contributed by atoms with E-state index in [4.69, 9.17) is 23.7 Å². The molecule has 0 saturated carbocycles. The van der Waals surface area contributed by atoms with Crippen LogP contribution in [0.5, 0.6) is 0 Å². The number of rotatable bonds is 9. The average molecular weight is 567 g/mol. The molecule has 0 aromatic heterocycles. The highest BCUT2D eigenvalue weighted by Gasteiger charge is 2.52. The van der Waals surface area contributed by atoms with E-state index in [2.05, 4.69) is 0 Å². The highest BCUT2D eigenvalue weighted by Crippen LogP contribution is 2.30. The van der Waals surface area contributed by atoms with Crippen molar-refractivity contribution in [1.29, 1.82) is 0 Å². The Labute approximate surface area is 241 Å². The van der Waals surface area contributed by atoms with E-state index in [0.717, 1.165) is 0 Å². The van der Waals surface area contributed by atoms with Crippen molar-refractivity contribution in [3.05, 3.63) is 144 Å². The van der Waals surface area contributed by atoms with Crippen molar-refractivity contribution >= 4 is 23.9 Å². The van der Waals surface area contributed by atoms with Crippen molar-refractivity contribution < 1.29 is 42.9 Å². The fourth-order valence-electron chi connectivity index (χ4n) is 4.28. The number of hydrogen-bond donors (Lipinski definition) is 0. The van der Waals surface area contributed by atoms with E-state index in [1.807, 2.05) is 0 Å². The first-order valence-electron chi connectivity index (χ1n) is 13.2. The summed E-state index contributed by atoms with van der Waals surface area (Å²) >= 11 is 0. The standard InChI is InChI=1S/C33H26O9/c34-29(22-13-5-1-6-14-22)38-21-26-27(40-30(35)23-15-7-2-8-16-23)28(41-31(36)24-17-9-3-10-18-24)33(39-26)42-32(37)25-19-11-4-12-20-25/h1-20,26-28,33H,21H2/t26-,27+,28-,33-/m0/s1. The molecule has 4 aromatic rings. The van der Waals surface area contributed by atoms with Gasteiger partial charge in [-0.2, -0.15) is 0 Å². The summed E-state index contributed by atoms with van der Waals surface area (Å²) in [7, 11) is 0. The lowest BCUT2D eigenvalue weighted by Crippen LogP contribution is -2.42. The van der Waals surface area contributed by atoms with Gasteiger partial charge in [-0.15, -0.1) is 0 Å². The van der Waals surface area contributed by atoms with Gasteiger partial charge in [0.15, 0.2) is 6.10 Å². The van der Waals surface area contributed by atoms with E-state index in [1.54, 1.807) is 121 Å². The molecule has 9 heteroatoms. The molecule has 42 heavy (non-hydrogen) atoms. The summed E-state index contributed by atoms with van der Waals surface area (Å²) in [5, 5.41) is 0. The second-order valence-corrected chi connectivity index (χ2v) is 9.25. The molecule has 1 saturated heterocycles. The third-order valence-electron chi connectivity index (χ3n) is 6.39. The Bertz CT molecular complexity index is 1510. The van der Waals surface area contributed by atoms with Crippen LogP contribution in [0.2, 0.25) is 0 Å². The van der Waals surface area contributed by atoms with Crippen LogP contribution < -0.4 is 0 Å². The van der Waals surface area contributed by atoms with E-state index in [-0.39, 0.29) is 23.3 Å². The van der Waals surface area contributed by atoms with Gasteiger partial charge in [0.05, 0.1) is 22.3 Å². The van der Waals surface area contributed by atoms with Crippen LogP contribution >= 0.6 is 0 Å². The van der Waals surface area contributed by atoms with Gasteiger partial charge in [0, 0.05) is 0 Å². The maximum absolute atomic E-state index is 13.1. The van der Waals surface area contributed by atoms with Crippen molar-refractivity contribution in [1.82, 2.24) is 0 Å². The molecule has 1 aliphatic rings. The largest absolute Gasteiger partial charge is 0.459 e. The first-order chi connectivity index (χ1) is 20.5.